The molecule has 1 N–H and O–H groups in total. The minimum Gasteiger partial charge on any atom is -0.497 e. The van der Waals surface area contributed by atoms with Crippen LogP contribution in [0.4, 0.5) is 0 Å². The van der Waals surface area contributed by atoms with Gasteiger partial charge in [0, 0.05) is 31.2 Å². The smallest absolute Gasteiger partial charge is 0.254 e. The molecule has 152 valence electrons. The van der Waals surface area contributed by atoms with E-state index in [4.69, 9.17) is 9.15 Å². The monoisotopic (exact) mass is 394 g/mol. The van der Waals surface area contributed by atoms with Gasteiger partial charge in [0.2, 0.25) is 0 Å². The van der Waals surface area contributed by atoms with E-state index < -0.39 is 0 Å². The lowest BCUT2D eigenvalue weighted by atomic mass is 9.98. The van der Waals surface area contributed by atoms with Crippen molar-refractivity contribution in [3.63, 3.8) is 0 Å². The maximum atomic E-state index is 13.1. The SMILES string of the molecule is COc1ccc(Cc2nc3ccc(C(=O)N4CCCC[C@H]4CCO)cc3o2)cc1. The second-order valence-corrected chi connectivity index (χ2v) is 7.48. The van der Waals surface area contributed by atoms with Crippen molar-refractivity contribution >= 4 is 17.0 Å². The molecule has 1 fully saturated rings. The minimum absolute atomic E-state index is 0.00171. The number of ether oxygens (including phenoxy) is 1. The maximum Gasteiger partial charge on any atom is 0.254 e. The first-order chi connectivity index (χ1) is 14.2. The highest BCUT2D eigenvalue weighted by Crippen LogP contribution is 2.25. The molecule has 0 bridgehead atoms. The van der Waals surface area contributed by atoms with Gasteiger partial charge >= 0.3 is 0 Å². The Balaban J connectivity index is 1.53. The van der Waals surface area contributed by atoms with Gasteiger partial charge in [-0.15, -0.1) is 0 Å². The lowest BCUT2D eigenvalue weighted by molar-refractivity contribution is 0.0574. The molecule has 1 atom stereocenters. The average molecular weight is 394 g/mol. The minimum atomic E-state index is -0.00171. The van der Waals surface area contributed by atoms with Gasteiger partial charge in [0.25, 0.3) is 5.91 Å². The molecule has 0 spiro atoms. The van der Waals surface area contributed by atoms with E-state index in [1.54, 1.807) is 13.2 Å². The van der Waals surface area contributed by atoms with Gasteiger partial charge in [-0.3, -0.25) is 4.79 Å². The van der Waals surface area contributed by atoms with Crippen molar-refractivity contribution in [2.45, 2.75) is 38.1 Å². The molecule has 1 aliphatic rings. The Bertz CT molecular complexity index is 978. The van der Waals surface area contributed by atoms with Gasteiger partial charge in [0.05, 0.1) is 7.11 Å². The van der Waals surface area contributed by atoms with Gasteiger partial charge in [-0.05, 0) is 61.6 Å². The Labute approximate surface area is 170 Å². The van der Waals surface area contributed by atoms with E-state index in [1.165, 1.54) is 0 Å². The van der Waals surface area contributed by atoms with Crippen LogP contribution in [0, 0.1) is 0 Å². The summed E-state index contributed by atoms with van der Waals surface area (Å²) in [4.78, 5) is 19.5. The lowest BCUT2D eigenvalue weighted by Gasteiger charge is -2.35. The summed E-state index contributed by atoms with van der Waals surface area (Å²) in [5.41, 5.74) is 3.05. The number of hydrogen-bond donors (Lipinski definition) is 1. The van der Waals surface area contributed by atoms with E-state index in [0.717, 1.165) is 42.6 Å². The average Bonchev–Trinajstić information content (AvgIpc) is 3.16. The molecule has 1 aromatic heterocycles. The highest BCUT2D eigenvalue weighted by molar-refractivity contribution is 5.97. The lowest BCUT2D eigenvalue weighted by Crippen LogP contribution is -2.44. The number of likely N-dealkylation sites (tertiary alicyclic amines) is 1. The van der Waals surface area contributed by atoms with Gasteiger partial charge in [-0.1, -0.05) is 12.1 Å². The van der Waals surface area contributed by atoms with Crippen molar-refractivity contribution in [2.75, 3.05) is 20.3 Å². The van der Waals surface area contributed by atoms with Gasteiger partial charge in [-0.25, -0.2) is 4.98 Å². The number of nitrogens with zero attached hydrogens (tertiary/aromatic N) is 2. The molecule has 1 amide bonds. The first kappa shape index (κ1) is 19.5. The van der Waals surface area contributed by atoms with Crippen molar-refractivity contribution in [2.24, 2.45) is 0 Å². The number of oxazole rings is 1. The predicted octanol–water partition coefficient (Wildman–Crippen LogP) is 3.80. The third kappa shape index (κ3) is 4.27. The maximum absolute atomic E-state index is 13.1. The van der Waals surface area contributed by atoms with E-state index in [9.17, 15) is 9.90 Å². The molecule has 29 heavy (non-hydrogen) atoms. The number of aliphatic hydroxyl groups is 1. The normalized spacial score (nSPS) is 16.9. The van der Waals surface area contributed by atoms with E-state index in [0.29, 0.717) is 29.9 Å². The fraction of sp³-hybridized carbons (Fsp3) is 0.391. The van der Waals surface area contributed by atoms with E-state index in [1.807, 2.05) is 41.3 Å². The largest absolute Gasteiger partial charge is 0.497 e. The first-order valence-corrected chi connectivity index (χ1v) is 10.1. The summed E-state index contributed by atoms with van der Waals surface area (Å²) in [7, 11) is 1.64. The van der Waals surface area contributed by atoms with Crippen LogP contribution in [0.15, 0.2) is 46.9 Å². The van der Waals surface area contributed by atoms with Crippen LogP contribution >= 0.6 is 0 Å². The molecule has 0 aliphatic carbocycles. The molecule has 6 heteroatoms. The quantitative estimate of drug-likeness (QED) is 0.688. The molecule has 6 nitrogen and oxygen atoms in total. The number of aliphatic hydroxyl groups excluding tert-OH is 1. The number of carbonyl (C=O) groups excluding carboxylic acids is 1. The number of amides is 1. The van der Waals surface area contributed by atoms with Gasteiger partial charge in [0.1, 0.15) is 11.3 Å². The Morgan fingerprint density at radius 2 is 2.07 bits per heavy atom. The summed E-state index contributed by atoms with van der Waals surface area (Å²) < 4.78 is 11.1. The van der Waals surface area contributed by atoms with Crippen LogP contribution in [-0.2, 0) is 6.42 Å². The molecule has 4 rings (SSSR count). The number of methoxy groups -OCH3 is 1. The molecule has 3 aromatic rings. The van der Waals surface area contributed by atoms with Crippen molar-refractivity contribution < 1.29 is 19.1 Å². The van der Waals surface area contributed by atoms with Crippen LogP contribution in [0.5, 0.6) is 5.75 Å². The number of rotatable bonds is 6. The van der Waals surface area contributed by atoms with Crippen LogP contribution in [0.3, 0.4) is 0 Å². The van der Waals surface area contributed by atoms with Crippen molar-refractivity contribution in [1.82, 2.24) is 9.88 Å². The van der Waals surface area contributed by atoms with Crippen LogP contribution in [-0.4, -0.2) is 47.2 Å². The fourth-order valence-corrected chi connectivity index (χ4v) is 3.98. The van der Waals surface area contributed by atoms with E-state index >= 15 is 0 Å². The summed E-state index contributed by atoms with van der Waals surface area (Å²) in [5.74, 6) is 1.43. The number of benzene rings is 2. The van der Waals surface area contributed by atoms with Crippen LogP contribution in [0.2, 0.25) is 0 Å². The first-order valence-electron chi connectivity index (χ1n) is 10.1. The summed E-state index contributed by atoms with van der Waals surface area (Å²) in [6.07, 6.45) is 4.26. The second kappa shape index (κ2) is 8.66. The number of aromatic nitrogens is 1. The zero-order valence-electron chi connectivity index (χ0n) is 16.6. The summed E-state index contributed by atoms with van der Waals surface area (Å²) in [6.45, 7) is 0.838. The third-order valence-corrected chi connectivity index (χ3v) is 5.54. The van der Waals surface area contributed by atoms with Gasteiger partial charge in [-0.2, -0.15) is 0 Å². The van der Waals surface area contributed by atoms with Crippen molar-refractivity contribution in [1.29, 1.82) is 0 Å². The zero-order valence-corrected chi connectivity index (χ0v) is 16.6. The van der Waals surface area contributed by atoms with E-state index in [2.05, 4.69) is 4.98 Å². The Morgan fingerprint density at radius 3 is 2.83 bits per heavy atom. The van der Waals surface area contributed by atoms with Crippen LogP contribution < -0.4 is 4.74 Å². The van der Waals surface area contributed by atoms with Gasteiger partial charge in [0.15, 0.2) is 11.5 Å². The predicted molar refractivity (Wildman–Crippen MR) is 110 cm³/mol. The second-order valence-electron chi connectivity index (χ2n) is 7.48. The summed E-state index contributed by atoms with van der Waals surface area (Å²) in [6, 6.07) is 13.3. The molecule has 2 aromatic carbocycles. The highest BCUT2D eigenvalue weighted by atomic mass is 16.5. The van der Waals surface area contributed by atoms with Crippen LogP contribution in [0.1, 0.15) is 47.5 Å². The topological polar surface area (TPSA) is 75.8 Å². The third-order valence-electron chi connectivity index (χ3n) is 5.54. The highest BCUT2D eigenvalue weighted by Gasteiger charge is 2.27. The Hall–Kier alpha value is -2.86. The molecule has 0 saturated carbocycles. The van der Waals surface area contributed by atoms with Crippen LogP contribution in [0.25, 0.3) is 11.1 Å². The van der Waals surface area contributed by atoms with Crippen molar-refractivity contribution in [3.05, 3.63) is 59.5 Å². The Morgan fingerprint density at radius 1 is 1.24 bits per heavy atom. The molecule has 0 radical (unpaired) electrons. The van der Waals surface area contributed by atoms with E-state index in [-0.39, 0.29) is 18.6 Å². The molecule has 0 unspecified atom stereocenters. The molecular weight excluding hydrogens is 368 g/mol. The summed E-state index contributed by atoms with van der Waals surface area (Å²) in [5, 5.41) is 9.31. The zero-order chi connectivity index (χ0) is 20.2. The number of carbonyl (C=O) groups is 1. The molecule has 1 saturated heterocycles. The molecule has 1 aliphatic heterocycles. The molecular formula is C23H26N2O4. The standard InChI is InChI=1S/C23H26N2O4/c1-28-19-8-5-16(6-9-19)14-22-24-20-10-7-17(15-21(20)29-22)23(27)25-12-3-2-4-18(25)11-13-26/h5-10,15,18,26H,2-4,11-14H2,1H3/t18-/m0/s1. The Kier molecular flexibility index (Phi) is 5.81. The molecule has 2 heterocycles. The van der Waals surface area contributed by atoms with Gasteiger partial charge < -0.3 is 19.2 Å². The number of hydrogen-bond acceptors (Lipinski definition) is 5. The summed E-state index contributed by atoms with van der Waals surface area (Å²) >= 11 is 0. The number of piperidine rings is 1. The fourth-order valence-electron chi connectivity index (χ4n) is 3.98. The van der Waals surface area contributed by atoms with Crippen molar-refractivity contribution in [3.8, 4) is 5.75 Å². The number of fused-ring (bicyclic) bond motifs is 1.